The molecule has 4 aromatic rings. The van der Waals surface area contributed by atoms with Crippen LogP contribution in [-0.2, 0) is 6.42 Å². The van der Waals surface area contributed by atoms with Gasteiger partial charge in [-0.25, -0.2) is 4.79 Å². The highest BCUT2D eigenvalue weighted by atomic mass is 16.4. The molecule has 1 N–H and O–H groups in total. The first kappa shape index (κ1) is 15.2. The van der Waals surface area contributed by atoms with Crippen LogP contribution >= 0.6 is 0 Å². The van der Waals surface area contributed by atoms with Crippen LogP contribution in [0.3, 0.4) is 0 Å². The topological polar surface area (TPSA) is 50.4 Å². The highest BCUT2D eigenvalue weighted by molar-refractivity contribution is 5.84. The molecule has 0 aliphatic rings. The van der Waals surface area contributed by atoms with Gasteiger partial charge in [0.2, 0.25) is 0 Å². The summed E-state index contributed by atoms with van der Waals surface area (Å²) < 4.78 is 5.38. The molecule has 0 unspecified atom stereocenters. The van der Waals surface area contributed by atoms with E-state index in [1.807, 2.05) is 60.7 Å². The summed E-state index contributed by atoms with van der Waals surface area (Å²) in [5, 5.41) is 11.1. The quantitative estimate of drug-likeness (QED) is 0.552. The molecule has 0 atom stereocenters. The molecule has 0 fully saturated rings. The lowest BCUT2D eigenvalue weighted by atomic mass is 9.95. The van der Waals surface area contributed by atoms with E-state index >= 15 is 0 Å². The van der Waals surface area contributed by atoms with Crippen molar-refractivity contribution in [1.82, 2.24) is 0 Å². The summed E-state index contributed by atoms with van der Waals surface area (Å²) >= 11 is 0. The van der Waals surface area contributed by atoms with Gasteiger partial charge in [0.05, 0.1) is 10.9 Å². The lowest BCUT2D eigenvalue weighted by Crippen LogP contribution is -2.09. The second-order valence-corrected chi connectivity index (χ2v) is 5.91. The Balaban J connectivity index is 1.85. The van der Waals surface area contributed by atoms with E-state index < -0.39 is 5.63 Å². The second kappa shape index (κ2) is 6.29. The Kier molecular flexibility index (Phi) is 3.82. The molecule has 0 bridgehead atoms. The summed E-state index contributed by atoms with van der Waals surface area (Å²) in [7, 11) is 0. The largest absolute Gasteiger partial charge is 0.507 e. The van der Waals surface area contributed by atoms with Crippen LogP contribution in [-0.4, -0.2) is 5.11 Å². The van der Waals surface area contributed by atoms with Crippen molar-refractivity contribution >= 4 is 11.0 Å². The van der Waals surface area contributed by atoms with Crippen LogP contribution in [0, 0.1) is 0 Å². The summed E-state index contributed by atoms with van der Waals surface area (Å²) in [5.41, 5.74) is 3.25. The smallest absolute Gasteiger partial charge is 0.343 e. The van der Waals surface area contributed by atoms with Gasteiger partial charge in [-0.15, -0.1) is 0 Å². The van der Waals surface area contributed by atoms with Crippen molar-refractivity contribution in [2.45, 2.75) is 6.42 Å². The zero-order chi connectivity index (χ0) is 17.2. The molecule has 0 radical (unpaired) electrons. The Bertz CT molecular complexity index is 1090. The van der Waals surface area contributed by atoms with Crippen LogP contribution < -0.4 is 5.63 Å². The maximum atomic E-state index is 12.4. The third-order valence-corrected chi connectivity index (χ3v) is 4.35. The molecule has 0 aliphatic carbocycles. The van der Waals surface area contributed by atoms with Crippen LogP contribution in [0.15, 0.2) is 88.1 Å². The first-order valence-corrected chi connectivity index (χ1v) is 8.11. The van der Waals surface area contributed by atoms with E-state index in [9.17, 15) is 9.90 Å². The monoisotopic (exact) mass is 328 g/mol. The molecule has 0 spiro atoms. The third-order valence-electron chi connectivity index (χ3n) is 4.35. The van der Waals surface area contributed by atoms with Crippen molar-refractivity contribution < 1.29 is 9.52 Å². The lowest BCUT2D eigenvalue weighted by molar-refractivity contribution is 0.459. The van der Waals surface area contributed by atoms with Gasteiger partial charge in [0.1, 0.15) is 11.3 Å². The van der Waals surface area contributed by atoms with Gasteiger partial charge in [-0.3, -0.25) is 0 Å². The van der Waals surface area contributed by atoms with E-state index in [-0.39, 0.29) is 11.3 Å². The Hall–Kier alpha value is -3.33. The minimum atomic E-state index is -0.501. The van der Waals surface area contributed by atoms with E-state index in [4.69, 9.17) is 4.42 Å². The minimum Gasteiger partial charge on any atom is -0.507 e. The molecule has 25 heavy (non-hydrogen) atoms. The van der Waals surface area contributed by atoms with E-state index in [0.717, 1.165) is 16.7 Å². The summed E-state index contributed by atoms with van der Waals surface area (Å²) in [4.78, 5) is 12.4. The Labute approximate surface area is 144 Å². The zero-order valence-electron chi connectivity index (χ0n) is 13.5. The van der Waals surface area contributed by atoms with Crippen LogP contribution in [0.4, 0.5) is 0 Å². The van der Waals surface area contributed by atoms with Crippen LogP contribution in [0.5, 0.6) is 5.75 Å². The number of hydrogen-bond donors (Lipinski definition) is 1. The average Bonchev–Trinajstić information content (AvgIpc) is 2.66. The number of aromatic hydroxyl groups is 1. The van der Waals surface area contributed by atoms with Crippen molar-refractivity contribution in [1.29, 1.82) is 0 Å². The number of rotatable bonds is 3. The van der Waals surface area contributed by atoms with Gasteiger partial charge in [-0.05, 0) is 28.8 Å². The molecular formula is C22H16O3. The van der Waals surface area contributed by atoms with Crippen molar-refractivity contribution in [2.24, 2.45) is 0 Å². The molecule has 3 aromatic carbocycles. The Morgan fingerprint density at radius 1 is 0.800 bits per heavy atom. The predicted molar refractivity (Wildman–Crippen MR) is 98.8 cm³/mol. The summed E-state index contributed by atoms with van der Waals surface area (Å²) in [6.45, 7) is 0. The van der Waals surface area contributed by atoms with Crippen LogP contribution in [0.1, 0.15) is 11.1 Å². The summed E-state index contributed by atoms with van der Waals surface area (Å²) in [5.74, 6) is -0.00489. The number of hydrogen-bond acceptors (Lipinski definition) is 3. The fourth-order valence-corrected chi connectivity index (χ4v) is 3.09. The number of fused-ring (bicyclic) bond motifs is 1. The molecule has 1 aromatic heterocycles. The molecule has 3 heteroatoms. The van der Waals surface area contributed by atoms with Crippen molar-refractivity contribution in [3.63, 3.8) is 0 Å². The SMILES string of the molecule is O=c1oc2ccccc2c(O)c1Cc1ccccc1-c1ccccc1. The fraction of sp³-hybridized carbons (Fsp3) is 0.0455. The van der Waals surface area contributed by atoms with Crippen LogP contribution in [0.25, 0.3) is 22.1 Å². The van der Waals surface area contributed by atoms with Gasteiger partial charge < -0.3 is 9.52 Å². The maximum Gasteiger partial charge on any atom is 0.343 e. The molecule has 0 aliphatic heterocycles. The highest BCUT2D eigenvalue weighted by Crippen LogP contribution is 2.30. The molecular weight excluding hydrogens is 312 g/mol. The lowest BCUT2D eigenvalue weighted by Gasteiger charge is -2.11. The van der Waals surface area contributed by atoms with Gasteiger partial charge in [-0.2, -0.15) is 0 Å². The van der Waals surface area contributed by atoms with Gasteiger partial charge in [-0.1, -0.05) is 66.7 Å². The summed E-state index contributed by atoms with van der Waals surface area (Å²) in [6, 6.07) is 24.9. The van der Waals surface area contributed by atoms with E-state index in [2.05, 4.69) is 0 Å². The van der Waals surface area contributed by atoms with E-state index in [0.29, 0.717) is 17.4 Å². The fourth-order valence-electron chi connectivity index (χ4n) is 3.09. The number of para-hydroxylation sites is 1. The molecule has 0 saturated carbocycles. The normalized spacial score (nSPS) is 10.9. The minimum absolute atomic E-state index is 0.00489. The van der Waals surface area contributed by atoms with Crippen LogP contribution in [0.2, 0.25) is 0 Å². The Morgan fingerprint density at radius 3 is 2.32 bits per heavy atom. The van der Waals surface area contributed by atoms with Crippen molar-refractivity contribution in [2.75, 3.05) is 0 Å². The first-order chi connectivity index (χ1) is 12.2. The molecule has 0 amide bonds. The molecule has 4 rings (SSSR count). The molecule has 122 valence electrons. The van der Waals surface area contributed by atoms with Crippen molar-refractivity contribution in [3.05, 3.63) is 100 Å². The van der Waals surface area contributed by atoms with E-state index in [1.54, 1.807) is 18.2 Å². The van der Waals surface area contributed by atoms with E-state index in [1.165, 1.54) is 0 Å². The highest BCUT2D eigenvalue weighted by Gasteiger charge is 2.16. The van der Waals surface area contributed by atoms with Gasteiger partial charge in [0.15, 0.2) is 0 Å². The predicted octanol–water partition coefficient (Wildman–Crippen LogP) is 4.76. The number of benzene rings is 3. The summed E-state index contributed by atoms with van der Waals surface area (Å²) in [6.07, 6.45) is 0.310. The van der Waals surface area contributed by atoms with Gasteiger partial charge in [0.25, 0.3) is 0 Å². The molecule has 0 saturated heterocycles. The standard InChI is InChI=1S/C22H16O3/c23-21-18-12-6-7-13-20(18)25-22(24)19(21)14-16-10-4-5-11-17(16)15-8-2-1-3-9-15/h1-13,23H,14H2. The maximum absolute atomic E-state index is 12.4. The van der Waals surface area contributed by atoms with Gasteiger partial charge >= 0.3 is 5.63 Å². The first-order valence-electron chi connectivity index (χ1n) is 8.11. The zero-order valence-corrected chi connectivity index (χ0v) is 13.5. The van der Waals surface area contributed by atoms with Gasteiger partial charge in [0, 0.05) is 6.42 Å². The average molecular weight is 328 g/mol. The van der Waals surface area contributed by atoms with Crippen molar-refractivity contribution in [3.8, 4) is 16.9 Å². The Morgan fingerprint density at radius 2 is 1.48 bits per heavy atom. The second-order valence-electron chi connectivity index (χ2n) is 5.91. The third kappa shape index (κ3) is 2.81. The molecule has 1 heterocycles. The molecule has 3 nitrogen and oxygen atoms in total.